The minimum Gasteiger partial charge on any atom is -0.497 e. The second-order valence-electron chi connectivity index (χ2n) is 5.63. The Morgan fingerprint density at radius 2 is 2.08 bits per heavy atom. The molecule has 1 N–H and O–H groups in total. The minimum atomic E-state index is -4.41. The smallest absolute Gasteiger partial charge is 0.405 e. The van der Waals surface area contributed by atoms with Gasteiger partial charge in [0.25, 0.3) is 0 Å². The van der Waals surface area contributed by atoms with Crippen molar-refractivity contribution in [3.8, 4) is 11.5 Å². The molecule has 0 spiro atoms. The van der Waals surface area contributed by atoms with Crippen LogP contribution in [0.3, 0.4) is 0 Å². The first-order valence-corrected chi connectivity index (χ1v) is 7.63. The van der Waals surface area contributed by atoms with E-state index in [4.69, 9.17) is 9.47 Å². The van der Waals surface area contributed by atoms with Gasteiger partial charge >= 0.3 is 6.18 Å². The monoisotopic (exact) mass is 346 g/mol. The molecule has 1 heterocycles. The summed E-state index contributed by atoms with van der Waals surface area (Å²) in [4.78, 5) is 13.7. The van der Waals surface area contributed by atoms with Crippen LogP contribution in [-0.4, -0.2) is 50.8 Å². The van der Waals surface area contributed by atoms with E-state index in [0.717, 1.165) is 18.4 Å². The highest BCUT2D eigenvalue weighted by Gasteiger charge is 2.32. The van der Waals surface area contributed by atoms with Gasteiger partial charge in [0.05, 0.1) is 20.8 Å². The summed E-state index contributed by atoms with van der Waals surface area (Å²) >= 11 is 0. The number of likely N-dealkylation sites (tertiary alicyclic amines) is 1. The molecule has 1 aromatic rings. The Kier molecular flexibility index (Phi) is 5.93. The van der Waals surface area contributed by atoms with E-state index in [1.807, 2.05) is 16.3 Å². The third-order valence-corrected chi connectivity index (χ3v) is 3.99. The number of alkyl halides is 3. The molecule has 0 unspecified atom stereocenters. The normalized spacial score (nSPS) is 18.5. The molecule has 134 valence electrons. The number of hydrogen-bond donors (Lipinski definition) is 1. The topological polar surface area (TPSA) is 50.8 Å². The molecule has 1 saturated heterocycles. The lowest BCUT2D eigenvalue weighted by Gasteiger charge is -2.26. The Labute approximate surface area is 138 Å². The standard InChI is InChI=1S/C16H21F3N2O3/c1-23-11-5-6-14(24-2)12(8-11)13-4-3-7-21(13)9-15(22)20-10-16(17,18)19/h5-6,8,13H,3-4,7,9-10H2,1-2H3,(H,20,22)/t13-/m0/s1. The zero-order chi connectivity index (χ0) is 17.7. The quantitative estimate of drug-likeness (QED) is 0.860. The molecule has 24 heavy (non-hydrogen) atoms. The second-order valence-corrected chi connectivity index (χ2v) is 5.63. The Balaban J connectivity index is 2.09. The molecule has 0 saturated carbocycles. The van der Waals surface area contributed by atoms with Crippen molar-refractivity contribution in [3.05, 3.63) is 23.8 Å². The molecule has 1 amide bonds. The average Bonchev–Trinajstić information content (AvgIpc) is 2.99. The number of hydrogen-bond acceptors (Lipinski definition) is 4. The van der Waals surface area contributed by atoms with E-state index in [-0.39, 0.29) is 12.6 Å². The third-order valence-electron chi connectivity index (χ3n) is 3.99. The Morgan fingerprint density at radius 3 is 2.71 bits per heavy atom. The fraction of sp³-hybridized carbons (Fsp3) is 0.562. The summed E-state index contributed by atoms with van der Waals surface area (Å²) in [5.41, 5.74) is 0.873. The number of amides is 1. The van der Waals surface area contributed by atoms with Crippen molar-refractivity contribution < 1.29 is 27.4 Å². The van der Waals surface area contributed by atoms with Gasteiger partial charge in [-0.3, -0.25) is 9.69 Å². The van der Waals surface area contributed by atoms with Gasteiger partial charge in [0.1, 0.15) is 18.0 Å². The Hall–Kier alpha value is -1.96. The number of ether oxygens (including phenoxy) is 2. The first-order chi connectivity index (χ1) is 11.3. The van der Waals surface area contributed by atoms with Gasteiger partial charge in [0.15, 0.2) is 0 Å². The molecule has 1 atom stereocenters. The molecule has 2 rings (SSSR count). The highest BCUT2D eigenvalue weighted by Crippen LogP contribution is 2.38. The minimum absolute atomic E-state index is 0.0822. The Bertz CT molecular complexity index is 578. The number of methoxy groups -OCH3 is 2. The second kappa shape index (κ2) is 7.74. The lowest BCUT2D eigenvalue weighted by atomic mass is 10.0. The van der Waals surface area contributed by atoms with Crippen LogP contribution in [0.1, 0.15) is 24.4 Å². The largest absolute Gasteiger partial charge is 0.497 e. The predicted molar refractivity (Wildman–Crippen MR) is 82.2 cm³/mol. The van der Waals surface area contributed by atoms with E-state index < -0.39 is 18.6 Å². The summed E-state index contributed by atoms with van der Waals surface area (Å²) in [5.74, 6) is 0.698. The number of rotatable bonds is 6. The molecule has 5 nitrogen and oxygen atoms in total. The lowest BCUT2D eigenvalue weighted by molar-refractivity contribution is -0.139. The van der Waals surface area contributed by atoms with Gasteiger partial charge < -0.3 is 14.8 Å². The molecular formula is C16H21F3N2O3. The zero-order valence-corrected chi connectivity index (χ0v) is 13.7. The maximum Gasteiger partial charge on any atom is 0.405 e. The van der Waals surface area contributed by atoms with E-state index in [1.165, 1.54) is 0 Å². The van der Waals surface area contributed by atoms with Crippen LogP contribution < -0.4 is 14.8 Å². The molecular weight excluding hydrogens is 325 g/mol. The number of carbonyl (C=O) groups is 1. The van der Waals surface area contributed by atoms with Gasteiger partial charge in [0, 0.05) is 11.6 Å². The average molecular weight is 346 g/mol. The van der Waals surface area contributed by atoms with E-state index in [0.29, 0.717) is 18.0 Å². The van der Waals surface area contributed by atoms with Crippen LogP contribution in [0.2, 0.25) is 0 Å². The van der Waals surface area contributed by atoms with Gasteiger partial charge in [0.2, 0.25) is 5.91 Å². The number of halogens is 3. The number of carbonyl (C=O) groups excluding carboxylic acids is 1. The summed E-state index contributed by atoms with van der Waals surface area (Å²) < 4.78 is 47.2. The zero-order valence-electron chi connectivity index (χ0n) is 13.7. The fourth-order valence-electron chi connectivity index (χ4n) is 2.91. The molecule has 0 aromatic heterocycles. The summed E-state index contributed by atoms with van der Waals surface area (Å²) in [7, 11) is 3.11. The van der Waals surface area contributed by atoms with Gasteiger partial charge in [-0.2, -0.15) is 13.2 Å². The SMILES string of the molecule is COc1ccc(OC)c([C@@H]2CCCN2CC(=O)NCC(F)(F)F)c1. The molecule has 1 aliphatic heterocycles. The van der Waals surface area contributed by atoms with E-state index in [1.54, 1.807) is 26.4 Å². The summed E-state index contributed by atoms with van der Waals surface area (Å²) in [6.07, 6.45) is -2.75. The molecule has 0 bridgehead atoms. The van der Waals surface area contributed by atoms with Crippen LogP contribution in [0.25, 0.3) is 0 Å². The molecule has 0 radical (unpaired) electrons. The summed E-state index contributed by atoms with van der Waals surface area (Å²) in [5, 5.41) is 1.91. The van der Waals surface area contributed by atoms with Crippen LogP contribution in [0.5, 0.6) is 11.5 Å². The van der Waals surface area contributed by atoms with Crippen molar-refractivity contribution in [2.24, 2.45) is 0 Å². The van der Waals surface area contributed by atoms with Crippen molar-refractivity contribution in [2.45, 2.75) is 25.1 Å². The van der Waals surface area contributed by atoms with Crippen LogP contribution >= 0.6 is 0 Å². The lowest BCUT2D eigenvalue weighted by Crippen LogP contribution is -2.40. The summed E-state index contributed by atoms with van der Waals surface area (Å²) in [6.45, 7) is -0.752. The molecule has 1 aromatic carbocycles. The number of nitrogens with zero attached hydrogens (tertiary/aromatic N) is 1. The maximum atomic E-state index is 12.2. The van der Waals surface area contributed by atoms with Gasteiger partial charge in [-0.1, -0.05) is 0 Å². The highest BCUT2D eigenvalue weighted by molar-refractivity contribution is 5.78. The van der Waals surface area contributed by atoms with Crippen LogP contribution in [0.4, 0.5) is 13.2 Å². The fourth-order valence-corrected chi connectivity index (χ4v) is 2.91. The molecule has 1 aliphatic rings. The van der Waals surface area contributed by atoms with Crippen molar-refractivity contribution in [1.29, 1.82) is 0 Å². The van der Waals surface area contributed by atoms with Crippen molar-refractivity contribution >= 4 is 5.91 Å². The van der Waals surface area contributed by atoms with E-state index in [2.05, 4.69) is 0 Å². The molecule has 8 heteroatoms. The number of nitrogens with one attached hydrogen (secondary N) is 1. The summed E-state index contributed by atoms with van der Waals surface area (Å²) in [6, 6.07) is 5.31. The third kappa shape index (κ3) is 4.77. The first kappa shape index (κ1) is 18.4. The molecule has 0 aliphatic carbocycles. The van der Waals surface area contributed by atoms with E-state index >= 15 is 0 Å². The highest BCUT2D eigenvalue weighted by atomic mass is 19.4. The van der Waals surface area contributed by atoms with Crippen LogP contribution in [0.15, 0.2) is 18.2 Å². The van der Waals surface area contributed by atoms with Crippen molar-refractivity contribution in [2.75, 3.05) is 33.9 Å². The van der Waals surface area contributed by atoms with Gasteiger partial charge in [-0.05, 0) is 37.6 Å². The number of benzene rings is 1. The van der Waals surface area contributed by atoms with Gasteiger partial charge in [-0.15, -0.1) is 0 Å². The van der Waals surface area contributed by atoms with Crippen LogP contribution in [0, 0.1) is 0 Å². The maximum absolute atomic E-state index is 12.2. The van der Waals surface area contributed by atoms with Crippen LogP contribution in [-0.2, 0) is 4.79 Å². The molecule has 1 fully saturated rings. The Morgan fingerprint density at radius 1 is 1.33 bits per heavy atom. The van der Waals surface area contributed by atoms with E-state index in [9.17, 15) is 18.0 Å². The first-order valence-electron chi connectivity index (χ1n) is 7.63. The van der Waals surface area contributed by atoms with Gasteiger partial charge in [-0.25, -0.2) is 0 Å². The van der Waals surface area contributed by atoms with Crippen molar-refractivity contribution in [1.82, 2.24) is 10.2 Å². The predicted octanol–water partition coefficient (Wildman–Crippen LogP) is 2.52. The van der Waals surface area contributed by atoms with Crippen molar-refractivity contribution in [3.63, 3.8) is 0 Å².